The van der Waals surface area contributed by atoms with Crippen LogP contribution in [0.1, 0.15) is 30.1 Å². The third-order valence-electron chi connectivity index (χ3n) is 3.51. The first-order valence-corrected chi connectivity index (χ1v) is 7.72. The van der Waals surface area contributed by atoms with Crippen LogP contribution in [0.2, 0.25) is 0 Å². The number of ether oxygens (including phenoxy) is 1. The lowest BCUT2D eigenvalue weighted by molar-refractivity contribution is -0.149. The number of esters is 1. The van der Waals surface area contributed by atoms with Gasteiger partial charge in [0.1, 0.15) is 5.82 Å². The van der Waals surface area contributed by atoms with Crippen molar-refractivity contribution >= 4 is 27.8 Å². The number of likely N-dealkylation sites (tertiary alicyclic amines) is 1. The van der Waals surface area contributed by atoms with Crippen LogP contribution in [0.15, 0.2) is 22.7 Å². The summed E-state index contributed by atoms with van der Waals surface area (Å²) in [5, 5.41) is 0. The molecule has 1 saturated heterocycles. The molecule has 1 aromatic rings. The lowest BCUT2D eigenvalue weighted by Gasteiger charge is -2.31. The minimum absolute atomic E-state index is 0.145. The Balaban J connectivity index is 1.98. The Morgan fingerprint density at radius 1 is 1.33 bits per heavy atom. The third-order valence-corrected chi connectivity index (χ3v) is 3.97. The zero-order valence-electron chi connectivity index (χ0n) is 11.8. The number of amides is 1. The van der Waals surface area contributed by atoms with Gasteiger partial charge in [-0.2, -0.15) is 0 Å². The molecule has 0 spiro atoms. The Kier molecular flexibility index (Phi) is 5.33. The molecule has 1 fully saturated rings. The van der Waals surface area contributed by atoms with Crippen LogP contribution in [0.3, 0.4) is 0 Å². The second-order valence-corrected chi connectivity index (χ2v) is 5.89. The average Bonchev–Trinajstić information content (AvgIpc) is 2.46. The highest BCUT2D eigenvalue weighted by Gasteiger charge is 2.28. The van der Waals surface area contributed by atoms with E-state index in [1.54, 1.807) is 17.9 Å². The monoisotopic (exact) mass is 357 g/mol. The number of carbonyl (C=O) groups is 2. The maximum atomic E-state index is 13.3. The van der Waals surface area contributed by atoms with Gasteiger partial charge in [0, 0.05) is 23.1 Å². The van der Waals surface area contributed by atoms with E-state index in [0.29, 0.717) is 42.6 Å². The Hall–Kier alpha value is -1.43. The first-order chi connectivity index (χ1) is 10.0. The highest BCUT2D eigenvalue weighted by atomic mass is 79.9. The summed E-state index contributed by atoms with van der Waals surface area (Å²) >= 11 is 3.18. The number of hydrogen-bond donors (Lipinski definition) is 0. The Labute approximate surface area is 131 Å². The molecule has 0 radical (unpaired) electrons. The van der Waals surface area contributed by atoms with Crippen LogP contribution >= 0.6 is 15.9 Å². The molecule has 0 saturated carbocycles. The normalized spacial score (nSPS) is 15.9. The van der Waals surface area contributed by atoms with Crippen molar-refractivity contribution in [2.24, 2.45) is 5.92 Å². The van der Waals surface area contributed by atoms with Crippen molar-refractivity contribution in [3.05, 3.63) is 34.1 Å². The molecule has 114 valence electrons. The van der Waals surface area contributed by atoms with Crippen LogP contribution < -0.4 is 0 Å². The van der Waals surface area contributed by atoms with E-state index in [-0.39, 0.29) is 17.8 Å². The lowest BCUT2D eigenvalue weighted by atomic mass is 9.96. The number of halogens is 2. The molecule has 21 heavy (non-hydrogen) atoms. The highest BCUT2D eigenvalue weighted by molar-refractivity contribution is 9.10. The Bertz CT molecular complexity index is 521. The van der Waals surface area contributed by atoms with Crippen LogP contribution in [0.5, 0.6) is 0 Å². The second kappa shape index (κ2) is 7.02. The summed E-state index contributed by atoms with van der Waals surface area (Å²) in [4.78, 5) is 25.6. The summed E-state index contributed by atoms with van der Waals surface area (Å²) in [5.41, 5.74) is 0.316. The fraction of sp³-hybridized carbons (Fsp3) is 0.467. The van der Waals surface area contributed by atoms with E-state index >= 15 is 0 Å². The molecule has 1 aromatic carbocycles. The molecule has 2 rings (SSSR count). The first kappa shape index (κ1) is 15.9. The van der Waals surface area contributed by atoms with Gasteiger partial charge >= 0.3 is 5.97 Å². The second-order valence-electron chi connectivity index (χ2n) is 4.98. The van der Waals surface area contributed by atoms with E-state index in [4.69, 9.17) is 4.74 Å². The molecule has 1 aliphatic rings. The lowest BCUT2D eigenvalue weighted by Crippen LogP contribution is -2.40. The van der Waals surface area contributed by atoms with Crippen LogP contribution in [0, 0.1) is 11.7 Å². The first-order valence-electron chi connectivity index (χ1n) is 6.93. The summed E-state index contributed by atoms with van der Waals surface area (Å²) in [6.45, 7) is 3.11. The van der Waals surface area contributed by atoms with Crippen molar-refractivity contribution < 1.29 is 18.7 Å². The average molecular weight is 358 g/mol. The van der Waals surface area contributed by atoms with Gasteiger partial charge in [-0.15, -0.1) is 0 Å². The molecule has 0 aromatic heterocycles. The van der Waals surface area contributed by atoms with E-state index in [9.17, 15) is 14.0 Å². The SMILES string of the molecule is CCOC(=O)C1CCN(C(=O)c2cc(F)cc(Br)c2)CC1. The molecule has 0 N–H and O–H groups in total. The molecule has 0 atom stereocenters. The quantitative estimate of drug-likeness (QED) is 0.781. The fourth-order valence-corrected chi connectivity index (χ4v) is 2.90. The number of nitrogens with zero attached hydrogens (tertiary/aromatic N) is 1. The fourth-order valence-electron chi connectivity index (χ4n) is 2.44. The van der Waals surface area contributed by atoms with E-state index in [0.717, 1.165) is 0 Å². The molecule has 0 unspecified atom stereocenters. The topological polar surface area (TPSA) is 46.6 Å². The number of piperidine rings is 1. The van der Waals surface area contributed by atoms with Gasteiger partial charge in [0.2, 0.25) is 0 Å². The minimum Gasteiger partial charge on any atom is -0.466 e. The summed E-state index contributed by atoms with van der Waals surface area (Å²) in [6, 6.07) is 4.14. The van der Waals surface area contributed by atoms with E-state index < -0.39 is 5.82 Å². The van der Waals surface area contributed by atoms with Crippen LogP contribution in [0.25, 0.3) is 0 Å². The smallest absolute Gasteiger partial charge is 0.309 e. The molecule has 1 aliphatic heterocycles. The summed E-state index contributed by atoms with van der Waals surface area (Å²) < 4.78 is 18.9. The largest absolute Gasteiger partial charge is 0.466 e. The highest BCUT2D eigenvalue weighted by Crippen LogP contribution is 2.22. The predicted octanol–water partition coefficient (Wildman–Crippen LogP) is 3.00. The molecular formula is C15H17BrFNO3. The summed E-state index contributed by atoms with van der Waals surface area (Å²) in [6.07, 6.45) is 1.17. The van der Waals surface area contributed by atoms with Crippen molar-refractivity contribution in [1.82, 2.24) is 4.90 Å². The molecule has 1 amide bonds. The van der Waals surface area contributed by atoms with E-state index in [2.05, 4.69) is 15.9 Å². The molecule has 6 heteroatoms. The number of hydrogen-bond acceptors (Lipinski definition) is 3. The molecule has 0 bridgehead atoms. The van der Waals surface area contributed by atoms with Gasteiger partial charge in [-0.1, -0.05) is 15.9 Å². The van der Waals surface area contributed by atoms with Gasteiger partial charge in [-0.05, 0) is 38.0 Å². The number of carbonyl (C=O) groups excluding carboxylic acids is 2. The summed E-state index contributed by atoms with van der Waals surface area (Å²) in [7, 11) is 0. The number of rotatable bonds is 3. The van der Waals surface area contributed by atoms with Crippen molar-refractivity contribution in [1.29, 1.82) is 0 Å². The van der Waals surface area contributed by atoms with Crippen LogP contribution in [0.4, 0.5) is 4.39 Å². The molecular weight excluding hydrogens is 341 g/mol. The van der Waals surface area contributed by atoms with Gasteiger partial charge in [0.25, 0.3) is 5.91 Å². The van der Waals surface area contributed by atoms with E-state index in [1.807, 2.05) is 0 Å². The maximum Gasteiger partial charge on any atom is 0.309 e. The Morgan fingerprint density at radius 2 is 2.00 bits per heavy atom. The van der Waals surface area contributed by atoms with Crippen molar-refractivity contribution in [2.45, 2.75) is 19.8 Å². The van der Waals surface area contributed by atoms with Crippen molar-refractivity contribution in [3.8, 4) is 0 Å². The van der Waals surface area contributed by atoms with Crippen molar-refractivity contribution in [2.75, 3.05) is 19.7 Å². The standard InChI is InChI=1S/C15H17BrFNO3/c1-2-21-15(20)10-3-5-18(6-4-10)14(19)11-7-12(16)9-13(17)8-11/h7-10H,2-6H2,1H3. The predicted molar refractivity (Wildman–Crippen MR) is 79.4 cm³/mol. The van der Waals surface area contributed by atoms with Gasteiger partial charge < -0.3 is 9.64 Å². The van der Waals surface area contributed by atoms with Gasteiger partial charge in [0.05, 0.1) is 12.5 Å². The number of benzene rings is 1. The maximum absolute atomic E-state index is 13.3. The Morgan fingerprint density at radius 3 is 2.57 bits per heavy atom. The molecule has 1 heterocycles. The van der Waals surface area contributed by atoms with Crippen LogP contribution in [-0.4, -0.2) is 36.5 Å². The molecule has 4 nitrogen and oxygen atoms in total. The van der Waals surface area contributed by atoms with Gasteiger partial charge in [-0.25, -0.2) is 4.39 Å². The van der Waals surface area contributed by atoms with Gasteiger partial charge in [-0.3, -0.25) is 9.59 Å². The zero-order valence-corrected chi connectivity index (χ0v) is 13.4. The van der Waals surface area contributed by atoms with Crippen LogP contribution in [-0.2, 0) is 9.53 Å². The van der Waals surface area contributed by atoms with Gasteiger partial charge in [0.15, 0.2) is 0 Å². The summed E-state index contributed by atoms with van der Waals surface area (Å²) in [5.74, 6) is -1.00. The van der Waals surface area contributed by atoms with Crippen molar-refractivity contribution in [3.63, 3.8) is 0 Å². The minimum atomic E-state index is -0.450. The zero-order chi connectivity index (χ0) is 15.4. The molecule has 0 aliphatic carbocycles. The third kappa shape index (κ3) is 4.03. The van der Waals surface area contributed by atoms with E-state index in [1.165, 1.54) is 12.1 Å².